The Morgan fingerprint density at radius 1 is 1.19 bits per heavy atom. The monoisotopic (exact) mass is 364 g/mol. The zero-order valence-corrected chi connectivity index (χ0v) is 14.9. The number of carbonyl (C=O) groups excluding carboxylic acids is 1. The van der Waals surface area contributed by atoms with Crippen LogP contribution in [0.1, 0.15) is 30.7 Å². The summed E-state index contributed by atoms with van der Waals surface area (Å²) in [6, 6.07) is 15.3. The molecule has 0 radical (unpaired) electrons. The third-order valence-corrected chi connectivity index (χ3v) is 5.92. The van der Waals surface area contributed by atoms with Crippen LogP contribution in [0.15, 0.2) is 48.5 Å². The Kier molecular flexibility index (Phi) is 4.67. The van der Waals surface area contributed by atoms with E-state index in [1.165, 1.54) is 6.07 Å². The summed E-state index contributed by atoms with van der Waals surface area (Å²) >= 11 is 0. The number of halogens is 1. The van der Waals surface area contributed by atoms with E-state index < -0.39 is 6.04 Å². The van der Waals surface area contributed by atoms with Crippen LogP contribution in [-0.2, 0) is 4.79 Å². The van der Waals surface area contributed by atoms with E-state index in [-0.39, 0.29) is 36.2 Å². The van der Waals surface area contributed by atoms with Gasteiger partial charge in [-0.25, -0.2) is 4.39 Å². The number of amides is 1. The van der Waals surface area contributed by atoms with Crippen LogP contribution >= 0.6 is 0 Å². The standard InChI is InChI=1S/C22H21FN2O2/c23-18-7-2-1-6-17(18)14-8-10-15(11-9-14)21-19(12-24)25(20(21)13-26)22(27)16-4-3-5-16/h1-2,6-11,16,19-21,26H,3-5,13H2/t19-,20-,21-/m1/s1. The molecule has 1 amide bonds. The van der Waals surface area contributed by atoms with Gasteiger partial charge in [0.05, 0.1) is 18.7 Å². The molecule has 2 aromatic carbocycles. The van der Waals surface area contributed by atoms with E-state index in [2.05, 4.69) is 6.07 Å². The van der Waals surface area contributed by atoms with Crippen LogP contribution in [0.4, 0.5) is 4.39 Å². The molecule has 27 heavy (non-hydrogen) atoms. The second-order valence-corrected chi connectivity index (χ2v) is 7.32. The van der Waals surface area contributed by atoms with Crippen LogP contribution < -0.4 is 0 Å². The highest BCUT2D eigenvalue weighted by Crippen LogP contribution is 2.43. The number of carbonyl (C=O) groups is 1. The van der Waals surface area contributed by atoms with E-state index in [0.717, 1.165) is 30.4 Å². The van der Waals surface area contributed by atoms with Crippen molar-refractivity contribution in [2.45, 2.75) is 37.3 Å². The fourth-order valence-electron chi connectivity index (χ4n) is 4.16. The molecule has 4 rings (SSSR count). The maximum Gasteiger partial charge on any atom is 0.227 e. The van der Waals surface area contributed by atoms with Gasteiger partial charge in [0.15, 0.2) is 0 Å². The van der Waals surface area contributed by atoms with Gasteiger partial charge < -0.3 is 10.0 Å². The van der Waals surface area contributed by atoms with Crippen molar-refractivity contribution in [3.8, 4) is 17.2 Å². The SMILES string of the molecule is N#C[C@@H]1[C@@H](c2ccc(-c3ccccc3F)cc2)[C@@H](CO)N1C(=O)C1CCC1. The maximum absolute atomic E-state index is 14.0. The zero-order chi connectivity index (χ0) is 19.0. The van der Waals surface area contributed by atoms with Crippen molar-refractivity contribution in [1.82, 2.24) is 4.90 Å². The normalized spacial score (nSPS) is 24.6. The third kappa shape index (κ3) is 2.90. The van der Waals surface area contributed by atoms with Crippen molar-refractivity contribution in [2.75, 3.05) is 6.61 Å². The molecule has 1 aliphatic carbocycles. The lowest BCUT2D eigenvalue weighted by Crippen LogP contribution is -2.66. The third-order valence-electron chi connectivity index (χ3n) is 5.92. The molecular weight excluding hydrogens is 343 g/mol. The van der Waals surface area contributed by atoms with Crippen molar-refractivity contribution in [3.63, 3.8) is 0 Å². The summed E-state index contributed by atoms with van der Waals surface area (Å²) in [4.78, 5) is 14.2. The lowest BCUT2D eigenvalue weighted by molar-refractivity contribution is -0.154. The highest BCUT2D eigenvalue weighted by Gasteiger charge is 2.53. The highest BCUT2D eigenvalue weighted by molar-refractivity contribution is 5.82. The molecule has 1 aliphatic heterocycles. The van der Waals surface area contributed by atoms with E-state index >= 15 is 0 Å². The van der Waals surface area contributed by atoms with E-state index in [0.29, 0.717) is 5.56 Å². The molecule has 0 aromatic heterocycles. The minimum Gasteiger partial charge on any atom is -0.394 e. The minimum absolute atomic E-state index is 0.000665. The average Bonchev–Trinajstić information content (AvgIpc) is 2.61. The van der Waals surface area contributed by atoms with E-state index in [1.807, 2.05) is 24.3 Å². The first-order valence-electron chi connectivity index (χ1n) is 9.33. The molecule has 138 valence electrons. The van der Waals surface area contributed by atoms with Gasteiger partial charge in [0.2, 0.25) is 5.91 Å². The van der Waals surface area contributed by atoms with Crippen LogP contribution in [-0.4, -0.2) is 34.6 Å². The Morgan fingerprint density at radius 3 is 2.44 bits per heavy atom. The van der Waals surface area contributed by atoms with Crippen LogP contribution in [0.25, 0.3) is 11.1 Å². The smallest absolute Gasteiger partial charge is 0.227 e. The van der Waals surface area contributed by atoms with Crippen molar-refractivity contribution in [3.05, 3.63) is 59.9 Å². The number of rotatable bonds is 4. The van der Waals surface area contributed by atoms with Gasteiger partial charge in [0, 0.05) is 17.4 Å². The van der Waals surface area contributed by atoms with Crippen LogP contribution in [0.5, 0.6) is 0 Å². The summed E-state index contributed by atoms with van der Waals surface area (Å²) in [5, 5.41) is 19.5. The summed E-state index contributed by atoms with van der Waals surface area (Å²) in [6.45, 7) is -0.170. The lowest BCUT2D eigenvalue weighted by atomic mass is 9.73. The molecule has 0 spiro atoms. The Hall–Kier alpha value is -2.71. The molecule has 1 saturated heterocycles. The van der Waals surface area contributed by atoms with Gasteiger partial charge in [0.1, 0.15) is 11.9 Å². The molecule has 4 nitrogen and oxygen atoms in total. The number of aliphatic hydroxyl groups excluding tert-OH is 1. The lowest BCUT2D eigenvalue weighted by Gasteiger charge is -2.53. The molecule has 2 aromatic rings. The highest BCUT2D eigenvalue weighted by atomic mass is 19.1. The van der Waals surface area contributed by atoms with Gasteiger partial charge >= 0.3 is 0 Å². The van der Waals surface area contributed by atoms with Crippen molar-refractivity contribution in [1.29, 1.82) is 5.26 Å². The molecule has 1 heterocycles. The van der Waals surface area contributed by atoms with Gasteiger partial charge in [0.25, 0.3) is 0 Å². The van der Waals surface area contributed by atoms with Crippen LogP contribution in [0.2, 0.25) is 0 Å². The summed E-state index contributed by atoms with van der Waals surface area (Å²) in [7, 11) is 0. The molecule has 1 saturated carbocycles. The molecule has 2 fully saturated rings. The number of likely N-dealkylation sites (tertiary alicyclic amines) is 1. The topological polar surface area (TPSA) is 64.3 Å². The Balaban J connectivity index is 1.58. The minimum atomic E-state index is -0.561. The predicted molar refractivity (Wildman–Crippen MR) is 99.0 cm³/mol. The van der Waals surface area contributed by atoms with Crippen molar-refractivity contribution < 1.29 is 14.3 Å². The van der Waals surface area contributed by atoms with Gasteiger partial charge in [-0.05, 0) is 30.0 Å². The summed E-state index contributed by atoms with van der Waals surface area (Å²) in [5.41, 5.74) is 2.17. The summed E-state index contributed by atoms with van der Waals surface area (Å²) in [6.07, 6.45) is 2.79. The van der Waals surface area contributed by atoms with Crippen LogP contribution in [0.3, 0.4) is 0 Å². The zero-order valence-electron chi connectivity index (χ0n) is 14.9. The number of hydrogen-bond acceptors (Lipinski definition) is 3. The average molecular weight is 364 g/mol. The first-order valence-corrected chi connectivity index (χ1v) is 9.33. The number of hydrogen-bond donors (Lipinski definition) is 1. The molecular formula is C22H21FN2O2. The van der Waals surface area contributed by atoms with Crippen molar-refractivity contribution >= 4 is 5.91 Å². The first kappa shape index (κ1) is 17.7. The fraction of sp³-hybridized carbons (Fsp3) is 0.364. The van der Waals surface area contributed by atoms with Crippen molar-refractivity contribution in [2.24, 2.45) is 5.92 Å². The van der Waals surface area contributed by atoms with E-state index in [1.54, 1.807) is 23.1 Å². The Bertz CT molecular complexity index is 886. The van der Waals surface area contributed by atoms with Gasteiger partial charge in [-0.1, -0.05) is 48.9 Å². The Morgan fingerprint density at radius 2 is 1.89 bits per heavy atom. The van der Waals surface area contributed by atoms with Gasteiger partial charge in [-0.2, -0.15) is 5.26 Å². The first-order chi connectivity index (χ1) is 13.2. The van der Waals surface area contributed by atoms with Gasteiger partial charge in [-0.3, -0.25) is 4.79 Å². The molecule has 1 N–H and O–H groups in total. The van der Waals surface area contributed by atoms with Gasteiger partial charge in [-0.15, -0.1) is 0 Å². The maximum atomic E-state index is 14.0. The molecule has 0 bridgehead atoms. The second kappa shape index (κ2) is 7.13. The second-order valence-electron chi connectivity index (χ2n) is 7.32. The van der Waals surface area contributed by atoms with E-state index in [9.17, 15) is 19.6 Å². The number of benzene rings is 2. The summed E-state index contributed by atoms with van der Waals surface area (Å²) in [5.74, 6) is -0.515. The molecule has 0 unspecified atom stereocenters. The Labute approximate surface area is 157 Å². The largest absolute Gasteiger partial charge is 0.394 e. The molecule has 5 heteroatoms. The van der Waals surface area contributed by atoms with Crippen LogP contribution in [0, 0.1) is 23.1 Å². The number of aliphatic hydroxyl groups is 1. The number of nitriles is 1. The molecule has 3 atom stereocenters. The quantitative estimate of drug-likeness (QED) is 0.903. The number of nitrogens with zero attached hydrogens (tertiary/aromatic N) is 2. The fourth-order valence-corrected chi connectivity index (χ4v) is 4.16. The predicted octanol–water partition coefficient (Wildman–Crippen LogP) is 3.47. The summed E-state index contributed by atoms with van der Waals surface area (Å²) < 4.78 is 14.0. The molecule has 2 aliphatic rings. The van der Waals surface area contributed by atoms with E-state index in [4.69, 9.17) is 0 Å².